The second-order valence-corrected chi connectivity index (χ2v) is 5.14. The van der Waals surface area contributed by atoms with Crippen LogP contribution in [0.5, 0.6) is 0 Å². The number of halogens is 2. The lowest BCUT2D eigenvalue weighted by Crippen LogP contribution is -2.39. The van der Waals surface area contributed by atoms with Crippen molar-refractivity contribution in [1.29, 1.82) is 0 Å². The van der Waals surface area contributed by atoms with Crippen LogP contribution in [0.15, 0.2) is 18.2 Å². The fraction of sp³-hybridized carbons (Fsp3) is 0.538. The molecule has 0 aliphatic carbocycles. The van der Waals surface area contributed by atoms with Crippen LogP contribution in [0, 0.1) is 11.7 Å². The summed E-state index contributed by atoms with van der Waals surface area (Å²) in [4.78, 5) is 0. The van der Waals surface area contributed by atoms with E-state index in [1.54, 1.807) is 12.1 Å². The molecule has 1 fully saturated rings. The standard InChI is InChI=1S/C13H17ClFNO/c1-8-4-5-17-13(8)12(16)6-9-2-3-10(14)7-11(9)15/h2-3,7-8,12-13H,4-6,16H2,1H3. The highest BCUT2D eigenvalue weighted by Crippen LogP contribution is 2.24. The lowest BCUT2D eigenvalue weighted by atomic mass is 9.93. The lowest BCUT2D eigenvalue weighted by Gasteiger charge is -2.22. The Labute approximate surface area is 106 Å². The van der Waals surface area contributed by atoms with Crippen LogP contribution >= 0.6 is 11.6 Å². The summed E-state index contributed by atoms with van der Waals surface area (Å²) in [7, 11) is 0. The molecular formula is C13H17ClFNO. The molecule has 1 aliphatic rings. The molecule has 0 bridgehead atoms. The molecular weight excluding hydrogens is 241 g/mol. The van der Waals surface area contributed by atoms with Gasteiger partial charge in [0.2, 0.25) is 0 Å². The van der Waals surface area contributed by atoms with Gasteiger partial charge < -0.3 is 10.5 Å². The highest BCUT2D eigenvalue weighted by molar-refractivity contribution is 6.30. The van der Waals surface area contributed by atoms with Crippen molar-refractivity contribution in [3.8, 4) is 0 Å². The molecule has 2 rings (SSSR count). The van der Waals surface area contributed by atoms with Gasteiger partial charge in [0.05, 0.1) is 6.10 Å². The number of hydrogen-bond donors (Lipinski definition) is 1. The molecule has 1 aliphatic heterocycles. The topological polar surface area (TPSA) is 35.2 Å². The van der Waals surface area contributed by atoms with Crippen LogP contribution in [-0.4, -0.2) is 18.8 Å². The van der Waals surface area contributed by atoms with Crippen molar-refractivity contribution >= 4 is 11.6 Å². The molecule has 2 N–H and O–H groups in total. The molecule has 3 atom stereocenters. The van der Waals surface area contributed by atoms with Gasteiger partial charge in [-0.2, -0.15) is 0 Å². The van der Waals surface area contributed by atoms with Gasteiger partial charge in [-0.25, -0.2) is 4.39 Å². The van der Waals surface area contributed by atoms with E-state index in [4.69, 9.17) is 22.1 Å². The minimum atomic E-state index is -0.293. The molecule has 3 unspecified atom stereocenters. The normalized spacial score (nSPS) is 26.1. The molecule has 0 radical (unpaired) electrons. The quantitative estimate of drug-likeness (QED) is 0.904. The van der Waals surface area contributed by atoms with Crippen LogP contribution in [0.3, 0.4) is 0 Å². The molecule has 94 valence electrons. The van der Waals surface area contributed by atoms with Gasteiger partial charge in [-0.05, 0) is 36.5 Å². The Morgan fingerprint density at radius 2 is 2.35 bits per heavy atom. The van der Waals surface area contributed by atoms with Crippen molar-refractivity contribution in [2.24, 2.45) is 11.7 Å². The Kier molecular flexibility index (Phi) is 4.02. The summed E-state index contributed by atoms with van der Waals surface area (Å²) < 4.78 is 19.2. The number of nitrogens with two attached hydrogens (primary N) is 1. The summed E-state index contributed by atoms with van der Waals surface area (Å²) in [6.45, 7) is 2.87. The number of benzene rings is 1. The van der Waals surface area contributed by atoms with Gasteiger partial charge in [-0.15, -0.1) is 0 Å². The van der Waals surface area contributed by atoms with Crippen LogP contribution in [-0.2, 0) is 11.2 Å². The maximum atomic E-state index is 13.6. The second kappa shape index (κ2) is 5.34. The Morgan fingerprint density at radius 1 is 1.59 bits per heavy atom. The van der Waals surface area contributed by atoms with Gasteiger partial charge in [0.15, 0.2) is 0 Å². The van der Waals surface area contributed by atoms with E-state index in [1.165, 1.54) is 6.07 Å². The van der Waals surface area contributed by atoms with E-state index in [9.17, 15) is 4.39 Å². The molecule has 1 saturated heterocycles. The number of hydrogen-bond acceptors (Lipinski definition) is 2. The van der Waals surface area contributed by atoms with Crippen LogP contribution < -0.4 is 5.73 Å². The molecule has 1 aromatic carbocycles. The minimum Gasteiger partial charge on any atom is -0.376 e. The van der Waals surface area contributed by atoms with Gasteiger partial charge in [0.1, 0.15) is 5.82 Å². The molecule has 0 saturated carbocycles. The zero-order chi connectivity index (χ0) is 12.4. The summed E-state index contributed by atoms with van der Waals surface area (Å²) in [5.74, 6) is 0.152. The first-order valence-corrected chi connectivity index (χ1v) is 6.27. The van der Waals surface area contributed by atoms with Crippen molar-refractivity contribution in [2.45, 2.75) is 31.9 Å². The maximum absolute atomic E-state index is 13.6. The first kappa shape index (κ1) is 12.8. The predicted octanol–water partition coefficient (Wildman–Crippen LogP) is 2.77. The molecule has 17 heavy (non-hydrogen) atoms. The Bertz CT molecular complexity index is 399. The molecule has 2 nitrogen and oxygen atoms in total. The fourth-order valence-corrected chi connectivity index (χ4v) is 2.48. The maximum Gasteiger partial charge on any atom is 0.127 e. The van der Waals surface area contributed by atoms with Crippen molar-refractivity contribution in [1.82, 2.24) is 0 Å². The van der Waals surface area contributed by atoms with Gasteiger partial charge in [0.25, 0.3) is 0 Å². The van der Waals surface area contributed by atoms with Crippen LogP contribution in [0.25, 0.3) is 0 Å². The van der Waals surface area contributed by atoms with Crippen molar-refractivity contribution in [2.75, 3.05) is 6.61 Å². The van der Waals surface area contributed by atoms with Crippen molar-refractivity contribution in [3.63, 3.8) is 0 Å². The van der Waals surface area contributed by atoms with E-state index >= 15 is 0 Å². The van der Waals surface area contributed by atoms with E-state index < -0.39 is 0 Å². The first-order chi connectivity index (χ1) is 8.08. The predicted molar refractivity (Wildman–Crippen MR) is 66.6 cm³/mol. The summed E-state index contributed by atoms with van der Waals surface area (Å²) in [5.41, 5.74) is 6.69. The fourth-order valence-electron chi connectivity index (χ4n) is 2.32. The van der Waals surface area contributed by atoms with Crippen LogP contribution in [0.1, 0.15) is 18.9 Å². The van der Waals surface area contributed by atoms with Gasteiger partial charge in [0, 0.05) is 17.7 Å². The molecule has 0 aromatic heterocycles. The molecule has 0 amide bonds. The summed E-state index contributed by atoms with van der Waals surface area (Å²) in [6, 6.07) is 4.54. The third-order valence-electron chi connectivity index (χ3n) is 3.34. The largest absolute Gasteiger partial charge is 0.376 e. The third-order valence-corrected chi connectivity index (χ3v) is 3.57. The van der Waals surface area contributed by atoms with E-state index in [-0.39, 0.29) is 18.0 Å². The SMILES string of the molecule is CC1CCOC1C(N)Cc1ccc(Cl)cc1F. The van der Waals surface area contributed by atoms with Crippen LogP contribution in [0.4, 0.5) is 4.39 Å². The molecule has 4 heteroatoms. The van der Waals surface area contributed by atoms with Gasteiger partial charge >= 0.3 is 0 Å². The average Bonchev–Trinajstić information content (AvgIpc) is 2.68. The number of ether oxygens (including phenoxy) is 1. The van der Waals surface area contributed by atoms with E-state index in [0.29, 0.717) is 22.9 Å². The van der Waals surface area contributed by atoms with Crippen LogP contribution in [0.2, 0.25) is 5.02 Å². The van der Waals surface area contributed by atoms with Crippen molar-refractivity contribution in [3.05, 3.63) is 34.6 Å². The summed E-state index contributed by atoms with van der Waals surface area (Å²) in [6.07, 6.45) is 1.55. The third kappa shape index (κ3) is 2.97. The summed E-state index contributed by atoms with van der Waals surface area (Å²) in [5, 5.41) is 0.408. The Balaban J connectivity index is 2.04. The smallest absolute Gasteiger partial charge is 0.127 e. The highest BCUT2D eigenvalue weighted by Gasteiger charge is 2.30. The highest BCUT2D eigenvalue weighted by atomic mass is 35.5. The lowest BCUT2D eigenvalue weighted by molar-refractivity contribution is 0.0724. The minimum absolute atomic E-state index is 0.0325. The monoisotopic (exact) mass is 257 g/mol. The summed E-state index contributed by atoms with van der Waals surface area (Å²) >= 11 is 5.71. The Hall–Kier alpha value is -0.640. The first-order valence-electron chi connectivity index (χ1n) is 5.89. The Morgan fingerprint density at radius 3 is 2.94 bits per heavy atom. The molecule has 0 spiro atoms. The number of rotatable bonds is 3. The van der Waals surface area contributed by atoms with Gasteiger partial charge in [-0.3, -0.25) is 0 Å². The zero-order valence-electron chi connectivity index (χ0n) is 9.83. The van der Waals surface area contributed by atoms with Crippen molar-refractivity contribution < 1.29 is 9.13 Å². The van der Waals surface area contributed by atoms with E-state index in [2.05, 4.69) is 6.92 Å². The zero-order valence-corrected chi connectivity index (χ0v) is 10.6. The molecule has 1 aromatic rings. The van der Waals surface area contributed by atoms with E-state index in [0.717, 1.165) is 13.0 Å². The van der Waals surface area contributed by atoms with E-state index in [1.807, 2.05) is 0 Å². The average molecular weight is 258 g/mol. The molecule has 1 heterocycles. The second-order valence-electron chi connectivity index (χ2n) is 4.71. The van der Waals surface area contributed by atoms with Gasteiger partial charge in [-0.1, -0.05) is 24.6 Å².